The molecule has 0 amide bonds. The molecule has 1 heterocycles. The lowest BCUT2D eigenvalue weighted by molar-refractivity contribution is -0.383. The molecule has 1 rings (SSSR count). The van der Waals surface area contributed by atoms with Crippen LogP contribution in [0.15, 0.2) is 6.33 Å². The maximum atomic E-state index is 10.8. The average Bonchev–Trinajstić information content (AvgIpc) is 2.15. The molecule has 8 nitrogen and oxygen atoms in total. The van der Waals surface area contributed by atoms with E-state index in [4.69, 9.17) is 0 Å². The van der Waals surface area contributed by atoms with Gasteiger partial charge in [0.2, 0.25) is 11.6 Å². The number of nitro groups is 1. The summed E-state index contributed by atoms with van der Waals surface area (Å²) in [4.78, 5) is 17.8. The molecule has 0 bridgehead atoms. The van der Waals surface area contributed by atoms with Crippen LogP contribution in [-0.4, -0.2) is 41.0 Å². The lowest BCUT2D eigenvalue weighted by Crippen LogP contribution is -2.21. The molecule has 0 aliphatic rings. The van der Waals surface area contributed by atoms with Crippen molar-refractivity contribution in [2.24, 2.45) is 0 Å². The third kappa shape index (κ3) is 2.50. The Kier molecular flexibility index (Phi) is 3.34. The minimum absolute atomic E-state index is 0.157. The SMILES string of the molecule is CNc1ncnc(NN(C)C)c1[N+](=O)[O-]. The Hall–Kier alpha value is -1.96. The summed E-state index contributed by atoms with van der Waals surface area (Å²) in [5.74, 6) is 0.337. The molecule has 0 radical (unpaired) electrons. The molecule has 0 spiro atoms. The van der Waals surface area contributed by atoms with E-state index in [9.17, 15) is 10.1 Å². The van der Waals surface area contributed by atoms with Gasteiger partial charge in [0.1, 0.15) is 6.33 Å². The number of hydrazine groups is 1. The number of rotatable bonds is 4. The zero-order valence-electron chi connectivity index (χ0n) is 8.68. The predicted octanol–water partition coefficient (Wildman–Crippen LogP) is 0.315. The van der Waals surface area contributed by atoms with Gasteiger partial charge >= 0.3 is 5.69 Å². The van der Waals surface area contributed by atoms with Crippen molar-refractivity contribution in [1.29, 1.82) is 0 Å². The van der Waals surface area contributed by atoms with Gasteiger partial charge in [-0.2, -0.15) is 0 Å². The Labute approximate surface area is 86.4 Å². The second-order valence-corrected chi connectivity index (χ2v) is 2.93. The molecule has 0 aliphatic heterocycles. The highest BCUT2D eigenvalue weighted by molar-refractivity contribution is 5.68. The fraction of sp³-hybridized carbons (Fsp3) is 0.429. The van der Waals surface area contributed by atoms with Gasteiger partial charge in [0.25, 0.3) is 0 Å². The number of anilines is 2. The van der Waals surface area contributed by atoms with Crippen molar-refractivity contribution >= 4 is 17.3 Å². The summed E-state index contributed by atoms with van der Waals surface area (Å²) in [6.45, 7) is 0. The van der Waals surface area contributed by atoms with Gasteiger partial charge in [0.15, 0.2) is 0 Å². The highest BCUT2D eigenvalue weighted by Gasteiger charge is 2.22. The zero-order valence-corrected chi connectivity index (χ0v) is 8.68. The Balaban J connectivity index is 3.19. The normalized spacial score (nSPS) is 10.1. The smallest absolute Gasteiger partial charge is 0.354 e. The van der Waals surface area contributed by atoms with Crippen molar-refractivity contribution < 1.29 is 4.92 Å². The molecule has 8 heteroatoms. The van der Waals surface area contributed by atoms with E-state index in [0.717, 1.165) is 0 Å². The fourth-order valence-corrected chi connectivity index (χ4v) is 1.03. The summed E-state index contributed by atoms with van der Waals surface area (Å²) in [7, 11) is 4.99. The van der Waals surface area contributed by atoms with Gasteiger partial charge in [-0.25, -0.2) is 15.0 Å². The van der Waals surface area contributed by atoms with E-state index in [0.29, 0.717) is 0 Å². The number of nitrogens with one attached hydrogen (secondary N) is 2. The number of aromatic nitrogens is 2. The van der Waals surface area contributed by atoms with Gasteiger partial charge in [-0.15, -0.1) is 0 Å². The quantitative estimate of drug-likeness (QED) is 0.547. The standard InChI is InChI=1S/C7H12N6O2/c1-8-6-5(13(14)15)7(10-4-9-6)11-12(2)3/h4H,1-3H3,(H2,8,9,10,11). The molecule has 0 aliphatic carbocycles. The van der Waals surface area contributed by atoms with Crippen molar-refractivity contribution in [2.75, 3.05) is 31.9 Å². The molecule has 1 aromatic heterocycles. The van der Waals surface area contributed by atoms with Crippen molar-refractivity contribution in [3.05, 3.63) is 16.4 Å². The molecule has 15 heavy (non-hydrogen) atoms. The summed E-state index contributed by atoms with van der Waals surface area (Å²) in [6.07, 6.45) is 1.25. The second-order valence-electron chi connectivity index (χ2n) is 2.93. The average molecular weight is 212 g/mol. The van der Waals surface area contributed by atoms with Crippen molar-refractivity contribution in [3.63, 3.8) is 0 Å². The summed E-state index contributed by atoms with van der Waals surface area (Å²) in [5.41, 5.74) is 2.56. The van der Waals surface area contributed by atoms with Crippen LogP contribution in [0.1, 0.15) is 0 Å². The lowest BCUT2D eigenvalue weighted by Gasteiger charge is -2.12. The van der Waals surface area contributed by atoms with Gasteiger partial charge in [-0.1, -0.05) is 0 Å². The first-order chi connectivity index (χ1) is 7.06. The number of nitrogens with zero attached hydrogens (tertiary/aromatic N) is 4. The third-order valence-corrected chi connectivity index (χ3v) is 1.57. The molecule has 0 unspecified atom stereocenters. The summed E-state index contributed by atoms with van der Waals surface area (Å²) < 4.78 is 0. The van der Waals surface area contributed by atoms with E-state index < -0.39 is 4.92 Å². The monoisotopic (exact) mass is 212 g/mol. The molecular weight excluding hydrogens is 200 g/mol. The minimum Gasteiger partial charge on any atom is -0.367 e. The Morgan fingerprint density at radius 3 is 2.47 bits per heavy atom. The van der Waals surface area contributed by atoms with Crippen molar-refractivity contribution in [3.8, 4) is 0 Å². The molecule has 0 saturated heterocycles. The van der Waals surface area contributed by atoms with Crippen LogP contribution < -0.4 is 10.7 Å². The molecular formula is C7H12N6O2. The first kappa shape index (κ1) is 11.1. The van der Waals surface area contributed by atoms with Gasteiger partial charge < -0.3 is 5.32 Å². The Morgan fingerprint density at radius 1 is 1.40 bits per heavy atom. The Bertz CT molecular complexity index is 366. The molecule has 2 N–H and O–H groups in total. The van der Waals surface area contributed by atoms with Crippen LogP contribution in [0, 0.1) is 10.1 Å². The van der Waals surface area contributed by atoms with E-state index in [2.05, 4.69) is 20.7 Å². The highest BCUT2D eigenvalue weighted by Crippen LogP contribution is 2.28. The molecule has 82 valence electrons. The van der Waals surface area contributed by atoms with E-state index >= 15 is 0 Å². The van der Waals surface area contributed by atoms with E-state index in [1.165, 1.54) is 6.33 Å². The summed E-state index contributed by atoms with van der Waals surface area (Å²) >= 11 is 0. The van der Waals surface area contributed by atoms with Crippen LogP contribution in [-0.2, 0) is 0 Å². The zero-order chi connectivity index (χ0) is 11.4. The largest absolute Gasteiger partial charge is 0.367 e. The lowest BCUT2D eigenvalue weighted by atomic mass is 10.4. The number of hydrogen-bond acceptors (Lipinski definition) is 7. The van der Waals surface area contributed by atoms with E-state index in [1.54, 1.807) is 26.2 Å². The van der Waals surface area contributed by atoms with Crippen LogP contribution in [0.2, 0.25) is 0 Å². The van der Waals surface area contributed by atoms with Gasteiger partial charge in [0, 0.05) is 21.1 Å². The maximum Gasteiger partial charge on any atom is 0.354 e. The van der Waals surface area contributed by atoms with Gasteiger partial charge in [-0.3, -0.25) is 15.5 Å². The Morgan fingerprint density at radius 2 is 2.00 bits per heavy atom. The third-order valence-electron chi connectivity index (χ3n) is 1.57. The predicted molar refractivity (Wildman–Crippen MR) is 55.5 cm³/mol. The fourth-order valence-electron chi connectivity index (χ4n) is 1.03. The second kappa shape index (κ2) is 4.51. The molecule has 0 saturated carbocycles. The topological polar surface area (TPSA) is 96.2 Å². The van der Waals surface area contributed by atoms with Crippen molar-refractivity contribution in [2.45, 2.75) is 0 Å². The first-order valence-electron chi connectivity index (χ1n) is 4.17. The minimum atomic E-state index is -0.530. The van der Waals surface area contributed by atoms with Gasteiger partial charge in [-0.05, 0) is 0 Å². The van der Waals surface area contributed by atoms with Gasteiger partial charge in [0.05, 0.1) is 4.92 Å². The first-order valence-corrected chi connectivity index (χ1v) is 4.17. The number of hydrogen-bond donors (Lipinski definition) is 2. The van der Waals surface area contributed by atoms with Crippen molar-refractivity contribution in [1.82, 2.24) is 15.0 Å². The molecule has 0 atom stereocenters. The van der Waals surface area contributed by atoms with Crippen LogP contribution >= 0.6 is 0 Å². The molecule has 0 fully saturated rings. The molecule has 0 aromatic carbocycles. The highest BCUT2D eigenvalue weighted by atomic mass is 16.6. The maximum absolute atomic E-state index is 10.8. The van der Waals surface area contributed by atoms with E-state index in [-0.39, 0.29) is 17.3 Å². The molecule has 1 aromatic rings. The van der Waals surface area contributed by atoms with Crippen LogP contribution in [0.5, 0.6) is 0 Å². The summed E-state index contributed by atoms with van der Waals surface area (Å²) in [6, 6.07) is 0. The summed E-state index contributed by atoms with van der Waals surface area (Å²) in [5, 5.41) is 15.0. The van der Waals surface area contributed by atoms with Crippen LogP contribution in [0.4, 0.5) is 17.3 Å². The van der Waals surface area contributed by atoms with E-state index in [1.807, 2.05) is 0 Å². The van der Waals surface area contributed by atoms with Crippen LogP contribution in [0.3, 0.4) is 0 Å². The van der Waals surface area contributed by atoms with Crippen LogP contribution in [0.25, 0.3) is 0 Å².